The quantitative estimate of drug-likeness (QED) is 0.822. The lowest BCUT2D eigenvalue weighted by Gasteiger charge is -2.29. The molecule has 6 heteroatoms. The molecular formula is C15H22N2O3S. The maximum Gasteiger partial charge on any atom is 0.230 e. The van der Waals surface area contributed by atoms with Gasteiger partial charge in [-0.25, -0.2) is 8.42 Å². The summed E-state index contributed by atoms with van der Waals surface area (Å²) in [5, 5.41) is 2.98. The molecule has 0 aliphatic carbocycles. The highest BCUT2D eigenvalue weighted by molar-refractivity contribution is 7.91. The lowest BCUT2D eigenvalue weighted by atomic mass is 9.83. The van der Waals surface area contributed by atoms with Gasteiger partial charge in [0, 0.05) is 11.7 Å². The Morgan fingerprint density at radius 3 is 2.24 bits per heavy atom. The Balaban J connectivity index is 2.04. The summed E-state index contributed by atoms with van der Waals surface area (Å²) in [4.78, 5) is 12.5. The van der Waals surface area contributed by atoms with E-state index in [1.165, 1.54) is 0 Å². The molecule has 5 nitrogen and oxygen atoms in total. The second-order valence-electron chi connectivity index (χ2n) is 6.15. The number of nitrogen functional groups attached to an aromatic ring is 1. The van der Waals surface area contributed by atoms with Gasteiger partial charge in [-0.2, -0.15) is 0 Å². The van der Waals surface area contributed by atoms with E-state index >= 15 is 0 Å². The number of hydrogen-bond acceptors (Lipinski definition) is 4. The van der Waals surface area contributed by atoms with E-state index in [9.17, 15) is 13.2 Å². The molecular weight excluding hydrogens is 288 g/mol. The van der Waals surface area contributed by atoms with Gasteiger partial charge in [0.2, 0.25) is 5.91 Å². The summed E-state index contributed by atoms with van der Waals surface area (Å²) < 4.78 is 22.8. The number of carbonyl (C=O) groups is 1. The van der Waals surface area contributed by atoms with Gasteiger partial charge < -0.3 is 11.1 Å². The number of hydrogen-bond donors (Lipinski definition) is 2. The van der Waals surface area contributed by atoms with Crippen LogP contribution in [0.3, 0.4) is 0 Å². The van der Waals surface area contributed by atoms with E-state index in [-0.39, 0.29) is 23.5 Å². The first-order valence-corrected chi connectivity index (χ1v) is 8.90. The van der Waals surface area contributed by atoms with E-state index < -0.39 is 15.3 Å². The summed E-state index contributed by atoms with van der Waals surface area (Å²) in [7, 11) is -2.91. The van der Waals surface area contributed by atoms with Gasteiger partial charge in [-0.15, -0.1) is 0 Å². The molecule has 0 aromatic heterocycles. The van der Waals surface area contributed by atoms with Crippen LogP contribution in [0.5, 0.6) is 0 Å². The van der Waals surface area contributed by atoms with Crippen LogP contribution >= 0.6 is 0 Å². The zero-order valence-electron chi connectivity index (χ0n) is 12.4. The number of nitrogens with two attached hydrogens (primary N) is 1. The third-order valence-corrected chi connectivity index (χ3v) is 5.81. The van der Waals surface area contributed by atoms with Gasteiger partial charge in [-0.1, -0.05) is 12.1 Å². The number of sulfone groups is 1. The molecule has 1 aromatic carbocycles. The van der Waals surface area contributed by atoms with Crippen LogP contribution in [0.2, 0.25) is 0 Å². The average Bonchev–Trinajstić information content (AvgIpc) is 2.41. The lowest BCUT2D eigenvalue weighted by molar-refractivity contribution is -0.126. The molecule has 1 amide bonds. The van der Waals surface area contributed by atoms with Crippen LogP contribution in [0, 0.1) is 0 Å². The van der Waals surface area contributed by atoms with Crippen LogP contribution in [-0.2, 0) is 20.0 Å². The van der Waals surface area contributed by atoms with E-state index in [1.807, 2.05) is 26.0 Å². The Bertz CT molecular complexity index is 607. The topological polar surface area (TPSA) is 89.3 Å². The van der Waals surface area contributed by atoms with E-state index in [1.54, 1.807) is 12.1 Å². The molecule has 116 valence electrons. The zero-order chi connectivity index (χ0) is 15.7. The van der Waals surface area contributed by atoms with Crippen LogP contribution in [0.25, 0.3) is 0 Å². The third-order valence-electron chi connectivity index (χ3n) is 4.09. The molecule has 1 saturated heterocycles. The van der Waals surface area contributed by atoms with E-state index in [2.05, 4.69) is 5.32 Å². The summed E-state index contributed by atoms with van der Waals surface area (Å²) in [5.41, 5.74) is 6.53. The lowest BCUT2D eigenvalue weighted by Crippen LogP contribution is -2.47. The number of nitrogens with one attached hydrogen (secondary N) is 1. The molecule has 1 fully saturated rings. The van der Waals surface area contributed by atoms with Crippen molar-refractivity contribution in [3.63, 3.8) is 0 Å². The van der Waals surface area contributed by atoms with Crippen LogP contribution in [0.1, 0.15) is 32.3 Å². The summed E-state index contributed by atoms with van der Waals surface area (Å²) in [5.74, 6) is 0.220. The van der Waals surface area contributed by atoms with Crippen molar-refractivity contribution in [3.05, 3.63) is 29.8 Å². The first-order chi connectivity index (χ1) is 9.71. The first-order valence-electron chi connectivity index (χ1n) is 7.08. The minimum Gasteiger partial charge on any atom is -0.399 e. The van der Waals surface area contributed by atoms with Crippen molar-refractivity contribution in [2.45, 2.75) is 38.1 Å². The van der Waals surface area contributed by atoms with Crippen molar-refractivity contribution in [2.75, 3.05) is 17.2 Å². The third kappa shape index (κ3) is 3.75. The van der Waals surface area contributed by atoms with Crippen molar-refractivity contribution < 1.29 is 13.2 Å². The Hall–Kier alpha value is -1.56. The summed E-state index contributed by atoms with van der Waals surface area (Å²) in [6.07, 6.45) is 0.984. The zero-order valence-corrected chi connectivity index (χ0v) is 13.2. The Morgan fingerprint density at radius 2 is 1.71 bits per heavy atom. The van der Waals surface area contributed by atoms with Gasteiger partial charge in [0.05, 0.1) is 16.9 Å². The second-order valence-corrected chi connectivity index (χ2v) is 8.45. The van der Waals surface area contributed by atoms with Gasteiger partial charge in [-0.05, 0) is 44.4 Å². The molecule has 1 heterocycles. The number of carbonyl (C=O) groups excluding carboxylic acids is 1. The number of benzene rings is 1. The van der Waals surface area contributed by atoms with Crippen LogP contribution in [0.4, 0.5) is 5.69 Å². The normalized spacial score (nSPS) is 19.1. The fraction of sp³-hybridized carbons (Fsp3) is 0.533. The molecule has 0 saturated carbocycles. The van der Waals surface area contributed by atoms with E-state index in [0.717, 1.165) is 5.56 Å². The number of amides is 1. The minimum absolute atomic E-state index is 0.0610. The monoisotopic (exact) mass is 310 g/mol. The highest BCUT2D eigenvalue weighted by Gasteiger charge is 2.33. The van der Waals surface area contributed by atoms with Gasteiger partial charge in [0.15, 0.2) is 0 Å². The minimum atomic E-state index is -2.91. The largest absolute Gasteiger partial charge is 0.399 e. The summed E-state index contributed by atoms with van der Waals surface area (Å²) >= 11 is 0. The van der Waals surface area contributed by atoms with Crippen LogP contribution in [-0.4, -0.2) is 31.9 Å². The van der Waals surface area contributed by atoms with Crippen molar-refractivity contribution in [3.8, 4) is 0 Å². The molecule has 21 heavy (non-hydrogen) atoms. The SMILES string of the molecule is CC(C)(C(=O)NC1CCS(=O)(=O)CC1)c1ccc(N)cc1. The highest BCUT2D eigenvalue weighted by Crippen LogP contribution is 2.25. The number of rotatable bonds is 3. The molecule has 0 spiro atoms. The standard InChI is InChI=1S/C15H22N2O3S/c1-15(2,11-3-5-12(16)6-4-11)14(18)17-13-7-9-21(19,20)10-8-13/h3-6,13H,7-10,16H2,1-2H3,(H,17,18). The smallest absolute Gasteiger partial charge is 0.230 e. The molecule has 1 aliphatic rings. The molecule has 0 radical (unpaired) electrons. The van der Waals surface area contributed by atoms with Crippen LogP contribution in [0.15, 0.2) is 24.3 Å². The molecule has 3 N–H and O–H groups in total. The average molecular weight is 310 g/mol. The predicted octanol–water partition coefficient (Wildman–Crippen LogP) is 1.24. The summed E-state index contributed by atoms with van der Waals surface area (Å²) in [6, 6.07) is 7.18. The van der Waals surface area contributed by atoms with Crippen molar-refractivity contribution in [2.24, 2.45) is 0 Å². The van der Waals surface area contributed by atoms with Crippen molar-refractivity contribution in [1.29, 1.82) is 0 Å². The van der Waals surface area contributed by atoms with E-state index in [0.29, 0.717) is 18.5 Å². The molecule has 2 rings (SSSR count). The predicted molar refractivity (Wildman–Crippen MR) is 83.7 cm³/mol. The fourth-order valence-electron chi connectivity index (χ4n) is 2.43. The Labute approximate surface area is 125 Å². The van der Waals surface area contributed by atoms with Gasteiger partial charge in [0.25, 0.3) is 0 Å². The summed E-state index contributed by atoms with van der Waals surface area (Å²) in [6.45, 7) is 3.71. The fourth-order valence-corrected chi connectivity index (χ4v) is 3.92. The number of anilines is 1. The first kappa shape index (κ1) is 15.8. The van der Waals surface area contributed by atoms with E-state index in [4.69, 9.17) is 5.73 Å². The highest BCUT2D eigenvalue weighted by atomic mass is 32.2. The Morgan fingerprint density at radius 1 is 1.19 bits per heavy atom. The van der Waals surface area contributed by atoms with Crippen molar-refractivity contribution in [1.82, 2.24) is 5.32 Å². The van der Waals surface area contributed by atoms with Gasteiger partial charge in [0.1, 0.15) is 9.84 Å². The maximum absolute atomic E-state index is 12.5. The molecule has 0 bridgehead atoms. The Kier molecular flexibility index (Phi) is 4.27. The molecule has 0 unspecified atom stereocenters. The molecule has 1 aliphatic heterocycles. The van der Waals surface area contributed by atoms with Crippen LogP contribution < -0.4 is 11.1 Å². The van der Waals surface area contributed by atoms with Gasteiger partial charge >= 0.3 is 0 Å². The van der Waals surface area contributed by atoms with Crippen molar-refractivity contribution >= 4 is 21.4 Å². The van der Waals surface area contributed by atoms with Gasteiger partial charge in [-0.3, -0.25) is 4.79 Å². The molecule has 1 aromatic rings. The maximum atomic E-state index is 12.5. The second kappa shape index (κ2) is 5.67. The molecule has 0 atom stereocenters.